The van der Waals surface area contributed by atoms with E-state index >= 15 is 0 Å². The Hall–Kier alpha value is -1.99. The zero-order chi connectivity index (χ0) is 20.2. The zero-order valence-electron chi connectivity index (χ0n) is 17.3. The van der Waals surface area contributed by atoms with E-state index in [2.05, 4.69) is 15.2 Å². The molecule has 3 heterocycles. The first-order chi connectivity index (χ1) is 14.1. The van der Waals surface area contributed by atoms with E-state index in [1.807, 2.05) is 24.0 Å². The number of carbonyl (C=O) groups is 2. The van der Waals surface area contributed by atoms with Gasteiger partial charge in [-0.05, 0) is 69.7 Å². The van der Waals surface area contributed by atoms with Crippen molar-refractivity contribution in [3.63, 3.8) is 0 Å². The van der Waals surface area contributed by atoms with Crippen LogP contribution >= 0.6 is 0 Å². The number of rotatable bonds is 7. The second kappa shape index (κ2) is 9.22. The number of aryl methyl sites for hydroxylation is 1. The Bertz CT molecular complexity index is 729. The minimum Gasteiger partial charge on any atom is -0.365 e. The molecule has 1 saturated carbocycles. The highest BCUT2D eigenvalue weighted by atomic mass is 16.5. The molecular weight excluding hydrogens is 368 g/mol. The Kier molecular flexibility index (Phi) is 6.45. The van der Waals surface area contributed by atoms with Crippen LogP contribution in [0.3, 0.4) is 0 Å². The Morgan fingerprint density at radius 2 is 1.93 bits per heavy atom. The summed E-state index contributed by atoms with van der Waals surface area (Å²) in [5.41, 5.74) is 1.22. The largest absolute Gasteiger partial charge is 0.365 e. The molecule has 1 unspecified atom stereocenters. The fraction of sp³-hybridized carbons (Fsp3) is 0.682. The molecule has 1 aliphatic carbocycles. The van der Waals surface area contributed by atoms with E-state index in [1.165, 1.54) is 19.4 Å². The number of morpholine rings is 1. The number of hydrogen-bond acceptors (Lipinski definition) is 5. The van der Waals surface area contributed by atoms with Crippen molar-refractivity contribution in [2.45, 2.75) is 38.7 Å². The van der Waals surface area contributed by atoms with Crippen LogP contribution in [0.2, 0.25) is 0 Å². The fourth-order valence-electron chi connectivity index (χ4n) is 4.28. The molecule has 7 nitrogen and oxygen atoms in total. The van der Waals surface area contributed by atoms with Crippen LogP contribution < -0.4 is 5.32 Å². The topological polar surface area (TPSA) is 74.8 Å². The van der Waals surface area contributed by atoms with Crippen molar-refractivity contribution < 1.29 is 14.3 Å². The predicted octanol–water partition coefficient (Wildman–Crippen LogP) is 1.47. The summed E-state index contributed by atoms with van der Waals surface area (Å²) in [6.45, 7) is 7.28. The summed E-state index contributed by atoms with van der Waals surface area (Å²) in [5.74, 6) is 1.37. The van der Waals surface area contributed by atoms with Crippen molar-refractivity contribution in [1.82, 2.24) is 20.1 Å². The van der Waals surface area contributed by atoms with Gasteiger partial charge in [0.15, 0.2) is 0 Å². The summed E-state index contributed by atoms with van der Waals surface area (Å²) in [7, 11) is 0. The van der Waals surface area contributed by atoms with E-state index in [9.17, 15) is 9.59 Å². The van der Waals surface area contributed by atoms with E-state index in [-0.39, 0.29) is 24.5 Å². The van der Waals surface area contributed by atoms with Crippen molar-refractivity contribution >= 4 is 11.8 Å². The van der Waals surface area contributed by atoms with Gasteiger partial charge in [-0.1, -0.05) is 6.07 Å². The lowest BCUT2D eigenvalue weighted by Gasteiger charge is -2.38. The Morgan fingerprint density at radius 3 is 2.66 bits per heavy atom. The summed E-state index contributed by atoms with van der Waals surface area (Å²) < 4.78 is 5.65. The molecule has 29 heavy (non-hydrogen) atoms. The lowest BCUT2D eigenvalue weighted by Crippen LogP contribution is -2.52. The monoisotopic (exact) mass is 400 g/mol. The van der Waals surface area contributed by atoms with E-state index in [0.29, 0.717) is 24.7 Å². The number of likely N-dealkylation sites (tertiary alicyclic amines) is 1. The van der Waals surface area contributed by atoms with Gasteiger partial charge in [0, 0.05) is 31.9 Å². The maximum atomic E-state index is 12.3. The minimum absolute atomic E-state index is 0.0633. The normalized spacial score (nSPS) is 24.0. The van der Waals surface area contributed by atoms with Gasteiger partial charge in [-0.3, -0.25) is 9.59 Å². The quantitative estimate of drug-likeness (QED) is 0.750. The van der Waals surface area contributed by atoms with Crippen LogP contribution in [-0.4, -0.2) is 78.6 Å². The van der Waals surface area contributed by atoms with Gasteiger partial charge in [0.1, 0.15) is 12.3 Å². The van der Waals surface area contributed by atoms with Gasteiger partial charge in [-0.25, -0.2) is 4.98 Å². The minimum atomic E-state index is -0.205. The second-order valence-electron chi connectivity index (χ2n) is 8.79. The number of carbonyl (C=O) groups excluding carboxylic acids is 2. The van der Waals surface area contributed by atoms with E-state index in [0.717, 1.165) is 44.1 Å². The molecule has 1 atom stereocenters. The van der Waals surface area contributed by atoms with Crippen molar-refractivity contribution in [1.29, 1.82) is 0 Å². The molecule has 1 aromatic rings. The average Bonchev–Trinajstić information content (AvgIpc) is 3.54. The number of aromatic nitrogens is 1. The third-order valence-corrected chi connectivity index (χ3v) is 6.23. The summed E-state index contributed by atoms with van der Waals surface area (Å²) in [5, 5.41) is 2.89. The first-order valence-electron chi connectivity index (χ1n) is 10.9. The van der Waals surface area contributed by atoms with Crippen LogP contribution in [0.25, 0.3) is 0 Å². The lowest BCUT2D eigenvalue weighted by atomic mass is 9.95. The molecule has 2 amide bonds. The number of piperidine rings is 1. The third-order valence-electron chi connectivity index (χ3n) is 6.23. The molecule has 0 spiro atoms. The molecule has 2 aliphatic heterocycles. The molecular formula is C22H32N4O3. The van der Waals surface area contributed by atoms with Gasteiger partial charge in [-0.2, -0.15) is 0 Å². The molecule has 1 N–H and O–H groups in total. The highest BCUT2D eigenvalue weighted by Crippen LogP contribution is 2.31. The Labute approximate surface area is 172 Å². The van der Waals surface area contributed by atoms with Crippen LogP contribution in [-0.2, 0) is 9.53 Å². The number of pyridine rings is 1. The maximum absolute atomic E-state index is 12.3. The molecule has 1 aromatic heterocycles. The average molecular weight is 401 g/mol. The van der Waals surface area contributed by atoms with Gasteiger partial charge in [0.25, 0.3) is 5.91 Å². The molecule has 3 fully saturated rings. The fourth-order valence-corrected chi connectivity index (χ4v) is 4.28. The summed E-state index contributed by atoms with van der Waals surface area (Å²) in [6, 6.07) is 5.39. The number of hydrogen-bond donors (Lipinski definition) is 1. The van der Waals surface area contributed by atoms with Crippen molar-refractivity contribution in [3.8, 4) is 0 Å². The van der Waals surface area contributed by atoms with Crippen molar-refractivity contribution in [3.05, 3.63) is 29.6 Å². The third kappa shape index (κ3) is 5.76. The molecule has 4 rings (SSSR count). The van der Waals surface area contributed by atoms with Gasteiger partial charge in [0.2, 0.25) is 5.91 Å². The highest BCUT2D eigenvalue weighted by molar-refractivity contribution is 5.92. The van der Waals surface area contributed by atoms with Crippen LogP contribution in [0.15, 0.2) is 18.2 Å². The number of amides is 2. The van der Waals surface area contributed by atoms with Crippen LogP contribution in [0.4, 0.5) is 0 Å². The highest BCUT2D eigenvalue weighted by Gasteiger charge is 2.31. The molecule has 0 bridgehead atoms. The smallest absolute Gasteiger partial charge is 0.269 e. The van der Waals surface area contributed by atoms with Gasteiger partial charge >= 0.3 is 0 Å². The van der Waals surface area contributed by atoms with Gasteiger partial charge in [-0.15, -0.1) is 0 Å². The SMILES string of the molecule is Cc1cccc(C(=O)NCC2CN(CC3CCN(CC4CC4)CC3)C(=O)CO2)n1. The Balaban J connectivity index is 1.21. The number of nitrogens with one attached hydrogen (secondary N) is 1. The molecule has 2 saturated heterocycles. The van der Waals surface area contributed by atoms with Gasteiger partial charge < -0.3 is 19.9 Å². The second-order valence-corrected chi connectivity index (χ2v) is 8.79. The lowest BCUT2D eigenvalue weighted by molar-refractivity contribution is -0.149. The number of ether oxygens (including phenoxy) is 1. The standard InChI is InChI=1S/C22H32N4O3/c1-16-3-2-4-20(24-16)22(28)23-11-19-14-26(21(27)15-29-19)13-18-7-9-25(10-8-18)12-17-5-6-17/h2-4,17-19H,5-15H2,1H3,(H,23,28). The van der Waals surface area contributed by atoms with Gasteiger partial charge in [0.05, 0.1) is 6.10 Å². The molecule has 0 radical (unpaired) electrons. The first-order valence-corrected chi connectivity index (χ1v) is 10.9. The van der Waals surface area contributed by atoms with Crippen LogP contribution in [0.5, 0.6) is 0 Å². The number of nitrogens with zero attached hydrogens (tertiary/aromatic N) is 3. The molecule has 158 valence electrons. The predicted molar refractivity (Wildman–Crippen MR) is 110 cm³/mol. The maximum Gasteiger partial charge on any atom is 0.269 e. The molecule has 3 aliphatic rings. The Morgan fingerprint density at radius 1 is 1.17 bits per heavy atom. The molecule has 7 heteroatoms. The first kappa shape index (κ1) is 20.3. The van der Waals surface area contributed by atoms with E-state index in [1.54, 1.807) is 6.07 Å². The summed E-state index contributed by atoms with van der Waals surface area (Å²) in [4.78, 5) is 33.4. The molecule has 0 aromatic carbocycles. The van der Waals surface area contributed by atoms with E-state index in [4.69, 9.17) is 4.74 Å². The van der Waals surface area contributed by atoms with Crippen molar-refractivity contribution in [2.75, 3.05) is 45.9 Å². The van der Waals surface area contributed by atoms with Crippen LogP contribution in [0, 0.1) is 18.8 Å². The van der Waals surface area contributed by atoms with E-state index < -0.39 is 0 Å². The van der Waals surface area contributed by atoms with Crippen molar-refractivity contribution in [2.24, 2.45) is 11.8 Å². The van der Waals surface area contributed by atoms with Crippen LogP contribution in [0.1, 0.15) is 41.9 Å². The zero-order valence-corrected chi connectivity index (χ0v) is 17.3. The summed E-state index contributed by atoms with van der Waals surface area (Å²) >= 11 is 0. The summed E-state index contributed by atoms with van der Waals surface area (Å²) in [6.07, 6.45) is 4.96.